The standard InChI is InChI=1S/C21H21N5O4/c22-21-24-19(17-7-4-10-30-17)16-12-23-26(20(16)25-21)13-14-5-3-6-15(11-14)29-9-2-1-8-18(27)28/h3-7,10-12H,1-2,8-9,13H2,(H,27,28)(H2,22,24,25). The largest absolute Gasteiger partial charge is 0.494 e. The molecule has 0 atom stereocenters. The Balaban J connectivity index is 1.50. The second kappa shape index (κ2) is 8.64. The second-order valence-electron chi connectivity index (χ2n) is 6.79. The molecule has 0 aliphatic carbocycles. The Morgan fingerprint density at radius 2 is 2.10 bits per heavy atom. The number of hydrogen-bond acceptors (Lipinski definition) is 7. The molecule has 4 rings (SSSR count). The fraction of sp³-hybridized carbons (Fsp3) is 0.238. The van der Waals surface area contributed by atoms with Crippen molar-refractivity contribution in [3.63, 3.8) is 0 Å². The number of carbonyl (C=O) groups is 1. The average molecular weight is 407 g/mol. The van der Waals surface area contributed by atoms with Gasteiger partial charge in [0.05, 0.1) is 31.0 Å². The van der Waals surface area contributed by atoms with Crippen LogP contribution in [0.15, 0.2) is 53.3 Å². The first-order valence-electron chi connectivity index (χ1n) is 9.56. The molecule has 0 aliphatic rings. The smallest absolute Gasteiger partial charge is 0.303 e. The van der Waals surface area contributed by atoms with Crippen molar-refractivity contribution >= 4 is 23.0 Å². The molecular weight excluding hydrogens is 386 g/mol. The number of carboxylic acids is 1. The highest BCUT2D eigenvalue weighted by Gasteiger charge is 2.15. The fourth-order valence-electron chi connectivity index (χ4n) is 3.16. The van der Waals surface area contributed by atoms with Crippen LogP contribution in [0.4, 0.5) is 5.95 Å². The third-order valence-corrected chi connectivity index (χ3v) is 4.55. The minimum atomic E-state index is -0.789. The van der Waals surface area contributed by atoms with Crippen LogP contribution in [0.25, 0.3) is 22.5 Å². The van der Waals surface area contributed by atoms with E-state index in [4.69, 9.17) is 20.0 Å². The molecule has 4 aromatic rings. The van der Waals surface area contributed by atoms with Gasteiger partial charge in [-0.2, -0.15) is 10.1 Å². The molecule has 0 unspecified atom stereocenters. The quantitative estimate of drug-likeness (QED) is 0.404. The summed E-state index contributed by atoms with van der Waals surface area (Å²) < 4.78 is 13.0. The van der Waals surface area contributed by atoms with E-state index >= 15 is 0 Å². The number of aliphatic carboxylic acids is 1. The summed E-state index contributed by atoms with van der Waals surface area (Å²) >= 11 is 0. The van der Waals surface area contributed by atoms with Gasteiger partial charge >= 0.3 is 5.97 Å². The molecule has 0 amide bonds. The Morgan fingerprint density at radius 1 is 1.20 bits per heavy atom. The lowest BCUT2D eigenvalue weighted by molar-refractivity contribution is -0.137. The van der Waals surface area contributed by atoms with Crippen molar-refractivity contribution in [3.8, 4) is 17.2 Å². The lowest BCUT2D eigenvalue weighted by Gasteiger charge is -2.09. The zero-order valence-corrected chi connectivity index (χ0v) is 16.2. The predicted octanol–water partition coefficient (Wildman–Crippen LogP) is 3.35. The monoisotopic (exact) mass is 407 g/mol. The van der Waals surface area contributed by atoms with Crippen LogP contribution in [0, 0.1) is 0 Å². The topological polar surface area (TPSA) is 129 Å². The van der Waals surface area contributed by atoms with Gasteiger partial charge < -0.3 is 20.0 Å². The lowest BCUT2D eigenvalue weighted by Crippen LogP contribution is -2.05. The Kier molecular flexibility index (Phi) is 5.60. The highest BCUT2D eigenvalue weighted by Crippen LogP contribution is 2.27. The van der Waals surface area contributed by atoms with Gasteiger partial charge in [0.25, 0.3) is 0 Å². The van der Waals surface area contributed by atoms with Crippen LogP contribution in [0.2, 0.25) is 0 Å². The zero-order valence-electron chi connectivity index (χ0n) is 16.2. The molecule has 0 saturated heterocycles. The minimum absolute atomic E-state index is 0.147. The van der Waals surface area contributed by atoms with Crippen molar-refractivity contribution in [1.82, 2.24) is 19.7 Å². The molecule has 3 aromatic heterocycles. The summed E-state index contributed by atoms with van der Waals surface area (Å²) in [6.07, 6.45) is 4.72. The van der Waals surface area contributed by atoms with Crippen molar-refractivity contribution in [3.05, 3.63) is 54.4 Å². The number of rotatable bonds is 9. The van der Waals surface area contributed by atoms with Crippen LogP contribution < -0.4 is 10.5 Å². The maximum atomic E-state index is 10.6. The first-order valence-corrected chi connectivity index (χ1v) is 9.56. The number of unbranched alkanes of at least 4 members (excludes halogenated alkanes) is 1. The number of nitrogens with zero attached hydrogens (tertiary/aromatic N) is 4. The number of ether oxygens (including phenoxy) is 1. The van der Waals surface area contributed by atoms with E-state index in [2.05, 4.69) is 15.1 Å². The molecule has 0 radical (unpaired) electrons. The summed E-state index contributed by atoms with van der Waals surface area (Å²) in [4.78, 5) is 19.2. The van der Waals surface area contributed by atoms with Gasteiger partial charge in [-0.3, -0.25) is 4.79 Å². The van der Waals surface area contributed by atoms with Gasteiger partial charge in [0, 0.05) is 6.42 Å². The second-order valence-corrected chi connectivity index (χ2v) is 6.79. The van der Waals surface area contributed by atoms with E-state index in [1.165, 1.54) is 0 Å². The van der Waals surface area contributed by atoms with Crippen LogP contribution in [0.1, 0.15) is 24.8 Å². The van der Waals surface area contributed by atoms with Crippen molar-refractivity contribution in [2.75, 3.05) is 12.3 Å². The molecule has 0 bridgehead atoms. The third-order valence-electron chi connectivity index (χ3n) is 4.55. The molecule has 0 aliphatic heterocycles. The molecule has 0 saturated carbocycles. The van der Waals surface area contributed by atoms with Crippen molar-refractivity contribution < 1.29 is 19.1 Å². The first kappa shape index (κ1) is 19.4. The summed E-state index contributed by atoms with van der Waals surface area (Å²) in [5.41, 5.74) is 8.12. The number of carboxylic acid groups (broad SMARTS) is 1. The van der Waals surface area contributed by atoms with E-state index in [0.29, 0.717) is 43.1 Å². The molecule has 154 valence electrons. The molecule has 9 nitrogen and oxygen atoms in total. The molecule has 3 heterocycles. The van der Waals surface area contributed by atoms with E-state index in [-0.39, 0.29) is 12.4 Å². The highest BCUT2D eigenvalue weighted by atomic mass is 16.5. The zero-order chi connectivity index (χ0) is 20.9. The van der Waals surface area contributed by atoms with Gasteiger partial charge in [-0.15, -0.1) is 0 Å². The maximum absolute atomic E-state index is 10.6. The van der Waals surface area contributed by atoms with E-state index in [0.717, 1.165) is 16.7 Å². The van der Waals surface area contributed by atoms with Crippen molar-refractivity contribution in [1.29, 1.82) is 0 Å². The van der Waals surface area contributed by atoms with Gasteiger partial charge in [-0.05, 0) is 42.7 Å². The number of fused-ring (bicyclic) bond motifs is 1. The molecular formula is C21H21N5O4. The average Bonchev–Trinajstić information content (AvgIpc) is 3.38. The molecule has 30 heavy (non-hydrogen) atoms. The van der Waals surface area contributed by atoms with Crippen LogP contribution in [0.3, 0.4) is 0 Å². The number of benzene rings is 1. The normalized spacial score (nSPS) is 11.1. The highest BCUT2D eigenvalue weighted by molar-refractivity contribution is 5.89. The maximum Gasteiger partial charge on any atom is 0.303 e. The summed E-state index contributed by atoms with van der Waals surface area (Å²) in [5, 5.41) is 13.9. The Morgan fingerprint density at radius 3 is 2.90 bits per heavy atom. The van der Waals surface area contributed by atoms with Crippen molar-refractivity contribution in [2.24, 2.45) is 0 Å². The number of hydrogen-bond donors (Lipinski definition) is 2. The SMILES string of the molecule is Nc1nc(-c2ccco2)c2cnn(Cc3cccc(OCCCCC(=O)O)c3)c2n1. The number of nitrogens with two attached hydrogens (primary N) is 1. The van der Waals surface area contributed by atoms with Gasteiger partial charge in [-0.1, -0.05) is 12.1 Å². The minimum Gasteiger partial charge on any atom is -0.494 e. The van der Waals surface area contributed by atoms with Crippen LogP contribution in [-0.2, 0) is 11.3 Å². The summed E-state index contributed by atoms with van der Waals surface area (Å²) in [6, 6.07) is 11.3. The number of aromatic nitrogens is 4. The molecule has 9 heteroatoms. The third kappa shape index (κ3) is 4.40. The van der Waals surface area contributed by atoms with Crippen LogP contribution in [0.5, 0.6) is 5.75 Å². The van der Waals surface area contributed by atoms with E-state index in [1.807, 2.05) is 30.3 Å². The van der Waals surface area contributed by atoms with Gasteiger partial charge in [0.15, 0.2) is 11.4 Å². The molecule has 0 fully saturated rings. The van der Waals surface area contributed by atoms with E-state index in [9.17, 15) is 4.79 Å². The summed E-state index contributed by atoms with van der Waals surface area (Å²) in [5.74, 6) is 0.689. The van der Waals surface area contributed by atoms with Crippen LogP contribution >= 0.6 is 0 Å². The van der Waals surface area contributed by atoms with Gasteiger partial charge in [-0.25, -0.2) is 9.67 Å². The van der Waals surface area contributed by atoms with E-state index < -0.39 is 5.97 Å². The van der Waals surface area contributed by atoms with Crippen LogP contribution in [-0.4, -0.2) is 37.4 Å². The Bertz CT molecular complexity index is 1150. The van der Waals surface area contributed by atoms with Gasteiger partial charge in [0.1, 0.15) is 11.4 Å². The molecule has 0 spiro atoms. The first-order chi connectivity index (χ1) is 14.6. The molecule has 1 aromatic carbocycles. The Labute approximate surface area is 172 Å². The van der Waals surface area contributed by atoms with Gasteiger partial charge in [0.2, 0.25) is 5.95 Å². The summed E-state index contributed by atoms with van der Waals surface area (Å²) in [6.45, 7) is 0.950. The number of nitrogen functional groups attached to an aromatic ring is 1. The summed E-state index contributed by atoms with van der Waals surface area (Å²) in [7, 11) is 0. The number of furan rings is 1. The predicted molar refractivity (Wildman–Crippen MR) is 110 cm³/mol. The Hall–Kier alpha value is -3.88. The van der Waals surface area contributed by atoms with E-state index in [1.54, 1.807) is 23.2 Å². The molecule has 3 N–H and O–H groups in total. The fourth-order valence-corrected chi connectivity index (χ4v) is 3.16. The lowest BCUT2D eigenvalue weighted by atomic mass is 10.2. The van der Waals surface area contributed by atoms with Crippen molar-refractivity contribution in [2.45, 2.75) is 25.8 Å². The number of anilines is 1.